The fourth-order valence-electron chi connectivity index (χ4n) is 2.14. The summed E-state index contributed by atoms with van der Waals surface area (Å²) in [6.07, 6.45) is 5.65. The number of aromatic nitrogens is 2. The first kappa shape index (κ1) is 10.5. The number of anilines is 1. The van der Waals surface area contributed by atoms with Crippen molar-refractivity contribution in [1.29, 1.82) is 0 Å². The Kier molecular flexibility index (Phi) is 3.26. The number of nitrogen functional groups attached to an aromatic ring is 1. The van der Waals surface area contributed by atoms with E-state index in [4.69, 9.17) is 5.73 Å². The van der Waals surface area contributed by atoms with Crippen LogP contribution in [0.25, 0.3) is 0 Å². The normalized spacial score (nSPS) is 17.4. The van der Waals surface area contributed by atoms with Crippen LogP contribution < -0.4 is 5.73 Å². The Bertz CT molecular complexity index is 312. The van der Waals surface area contributed by atoms with Crippen molar-refractivity contribution in [2.24, 2.45) is 0 Å². The smallest absolute Gasteiger partial charge is 0.0730 e. The predicted octanol–water partition coefficient (Wildman–Crippen LogP) is 1.26. The average Bonchev–Trinajstić information content (AvgIpc) is 2.83. The molecule has 1 fully saturated rings. The lowest BCUT2D eigenvalue weighted by molar-refractivity contribution is 0.321. The zero-order valence-corrected chi connectivity index (χ0v) is 9.45. The third-order valence-corrected chi connectivity index (χ3v) is 3.18. The van der Waals surface area contributed by atoms with E-state index in [0.717, 1.165) is 17.9 Å². The van der Waals surface area contributed by atoms with Crippen LogP contribution in [0.4, 0.5) is 5.69 Å². The zero-order chi connectivity index (χ0) is 10.7. The van der Waals surface area contributed by atoms with Gasteiger partial charge in [0.15, 0.2) is 0 Å². The highest BCUT2D eigenvalue weighted by Gasteiger charge is 2.10. The molecule has 2 rings (SSSR count). The van der Waals surface area contributed by atoms with Gasteiger partial charge in [-0.3, -0.25) is 4.68 Å². The van der Waals surface area contributed by atoms with Crippen molar-refractivity contribution in [3.63, 3.8) is 0 Å². The Morgan fingerprint density at radius 3 is 2.67 bits per heavy atom. The summed E-state index contributed by atoms with van der Waals surface area (Å²) >= 11 is 0. The van der Waals surface area contributed by atoms with Gasteiger partial charge in [0.1, 0.15) is 0 Å². The van der Waals surface area contributed by atoms with Gasteiger partial charge in [0.2, 0.25) is 0 Å². The van der Waals surface area contributed by atoms with Crippen molar-refractivity contribution in [3.8, 4) is 0 Å². The summed E-state index contributed by atoms with van der Waals surface area (Å²) in [5.41, 5.74) is 7.64. The summed E-state index contributed by atoms with van der Waals surface area (Å²) < 4.78 is 2.01. The first-order valence-electron chi connectivity index (χ1n) is 5.77. The second-order valence-corrected chi connectivity index (χ2v) is 4.31. The number of aryl methyl sites for hydroxylation is 1. The van der Waals surface area contributed by atoms with Gasteiger partial charge < -0.3 is 10.6 Å². The molecule has 0 radical (unpaired) electrons. The van der Waals surface area contributed by atoms with E-state index in [2.05, 4.69) is 10.00 Å². The molecule has 0 amide bonds. The van der Waals surface area contributed by atoms with Gasteiger partial charge in [0, 0.05) is 6.54 Å². The van der Waals surface area contributed by atoms with Crippen LogP contribution in [0.2, 0.25) is 0 Å². The summed E-state index contributed by atoms with van der Waals surface area (Å²) in [5.74, 6) is 0. The molecule has 0 unspecified atom stereocenters. The largest absolute Gasteiger partial charge is 0.396 e. The van der Waals surface area contributed by atoms with E-state index in [1.807, 2.05) is 11.6 Å². The first-order chi connectivity index (χ1) is 7.27. The van der Waals surface area contributed by atoms with Crippen molar-refractivity contribution < 1.29 is 0 Å². The molecule has 1 saturated heterocycles. The minimum absolute atomic E-state index is 0.802. The Labute approximate surface area is 91.1 Å². The molecule has 0 atom stereocenters. The molecule has 1 aromatic heterocycles. The van der Waals surface area contributed by atoms with Crippen molar-refractivity contribution >= 4 is 5.69 Å². The topological polar surface area (TPSA) is 47.1 Å². The summed E-state index contributed by atoms with van der Waals surface area (Å²) in [6.45, 7) is 6.76. The average molecular weight is 208 g/mol. The van der Waals surface area contributed by atoms with E-state index in [1.54, 1.807) is 6.20 Å². The number of hydrogen-bond acceptors (Lipinski definition) is 3. The summed E-state index contributed by atoms with van der Waals surface area (Å²) in [4.78, 5) is 2.53. The molecule has 0 spiro atoms. The van der Waals surface area contributed by atoms with E-state index in [-0.39, 0.29) is 0 Å². The number of nitrogens with two attached hydrogens (primary N) is 1. The molecule has 1 aromatic rings. The van der Waals surface area contributed by atoms with Gasteiger partial charge in [0.25, 0.3) is 0 Å². The number of rotatable bonds is 4. The Balaban J connectivity index is 1.75. The van der Waals surface area contributed by atoms with Gasteiger partial charge in [-0.15, -0.1) is 0 Å². The van der Waals surface area contributed by atoms with Crippen molar-refractivity contribution in [2.45, 2.75) is 32.7 Å². The molecule has 2 heterocycles. The molecular formula is C11H20N4. The molecule has 15 heavy (non-hydrogen) atoms. The van der Waals surface area contributed by atoms with Crippen LogP contribution in [-0.4, -0.2) is 34.3 Å². The molecule has 1 aliphatic rings. The second-order valence-electron chi connectivity index (χ2n) is 4.31. The maximum atomic E-state index is 5.74. The van der Waals surface area contributed by atoms with Gasteiger partial charge in [-0.25, -0.2) is 0 Å². The molecule has 0 saturated carbocycles. The Hall–Kier alpha value is -1.03. The van der Waals surface area contributed by atoms with Crippen LogP contribution in [-0.2, 0) is 6.54 Å². The standard InChI is InChI=1S/C11H20N4/c1-10-11(12)9-13-15(10)8-4-7-14-5-2-3-6-14/h9H,2-8,12H2,1H3. The second kappa shape index (κ2) is 4.66. The molecule has 0 aliphatic carbocycles. The van der Waals surface area contributed by atoms with Crippen LogP contribution in [0.1, 0.15) is 25.0 Å². The number of likely N-dealkylation sites (tertiary alicyclic amines) is 1. The highest BCUT2D eigenvalue weighted by atomic mass is 15.3. The summed E-state index contributed by atoms with van der Waals surface area (Å²) in [5, 5.41) is 4.25. The van der Waals surface area contributed by atoms with Gasteiger partial charge in [-0.1, -0.05) is 0 Å². The molecule has 2 N–H and O–H groups in total. The number of nitrogens with zero attached hydrogens (tertiary/aromatic N) is 3. The van der Waals surface area contributed by atoms with E-state index in [1.165, 1.54) is 38.9 Å². The lowest BCUT2D eigenvalue weighted by Gasteiger charge is -2.14. The lowest BCUT2D eigenvalue weighted by Crippen LogP contribution is -2.21. The fraction of sp³-hybridized carbons (Fsp3) is 0.727. The maximum Gasteiger partial charge on any atom is 0.0730 e. The molecule has 0 aromatic carbocycles. The van der Waals surface area contributed by atoms with Crippen LogP contribution in [0, 0.1) is 6.92 Å². The molecular weight excluding hydrogens is 188 g/mol. The Morgan fingerprint density at radius 1 is 1.33 bits per heavy atom. The molecule has 4 nitrogen and oxygen atoms in total. The summed E-state index contributed by atoms with van der Waals surface area (Å²) in [6, 6.07) is 0. The zero-order valence-electron chi connectivity index (χ0n) is 9.45. The van der Waals surface area contributed by atoms with Gasteiger partial charge >= 0.3 is 0 Å². The molecule has 1 aliphatic heterocycles. The van der Waals surface area contributed by atoms with Gasteiger partial charge in [0.05, 0.1) is 17.6 Å². The highest BCUT2D eigenvalue weighted by Crippen LogP contribution is 2.11. The van der Waals surface area contributed by atoms with Gasteiger partial charge in [-0.2, -0.15) is 5.10 Å². The van der Waals surface area contributed by atoms with Crippen LogP contribution >= 0.6 is 0 Å². The van der Waals surface area contributed by atoms with E-state index < -0.39 is 0 Å². The predicted molar refractivity (Wildman–Crippen MR) is 61.7 cm³/mol. The van der Waals surface area contributed by atoms with Crippen LogP contribution in [0.3, 0.4) is 0 Å². The third kappa shape index (κ3) is 2.50. The molecule has 4 heteroatoms. The highest BCUT2D eigenvalue weighted by molar-refractivity contribution is 5.39. The first-order valence-corrected chi connectivity index (χ1v) is 5.77. The molecule has 84 valence electrons. The SMILES string of the molecule is Cc1c(N)cnn1CCCN1CCCC1. The summed E-state index contributed by atoms with van der Waals surface area (Å²) in [7, 11) is 0. The Morgan fingerprint density at radius 2 is 2.07 bits per heavy atom. The van der Waals surface area contributed by atoms with Crippen molar-refractivity contribution in [1.82, 2.24) is 14.7 Å². The van der Waals surface area contributed by atoms with E-state index in [9.17, 15) is 0 Å². The van der Waals surface area contributed by atoms with Crippen molar-refractivity contribution in [2.75, 3.05) is 25.4 Å². The maximum absolute atomic E-state index is 5.74. The van der Waals surface area contributed by atoms with Crippen LogP contribution in [0.5, 0.6) is 0 Å². The monoisotopic (exact) mass is 208 g/mol. The van der Waals surface area contributed by atoms with E-state index in [0.29, 0.717) is 0 Å². The minimum atomic E-state index is 0.802. The van der Waals surface area contributed by atoms with Gasteiger partial charge in [-0.05, 0) is 45.8 Å². The van der Waals surface area contributed by atoms with E-state index >= 15 is 0 Å². The third-order valence-electron chi connectivity index (χ3n) is 3.18. The fourth-order valence-corrected chi connectivity index (χ4v) is 2.14. The lowest BCUT2D eigenvalue weighted by atomic mass is 10.3. The van der Waals surface area contributed by atoms with Crippen LogP contribution in [0.15, 0.2) is 6.20 Å². The minimum Gasteiger partial charge on any atom is -0.396 e. The number of hydrogen-bond donors (Lipinski definition) is 1. The van der Waals surface area contributed by atoms with Crippen molar-refractivity contribution in [3.05, 3.63) is 11.9 Å². The quantitative estimate of drug-likeness (QED) is 0.810. The molecule has 0 bridgehead atoms.